The summed E-state index contributed by atoms with van der Waals surface area (Å²) >= 11 is 1.75. The average Bonchev–Trinajstić information content (AvgIpc) is 2.28. The average molecular weight is 245 g/mol. The lowest BCUT2D eigenvalue weighted by atomic mass is 10.0. The Morgan fingerprint density at radius 2 is 2.25 bits per heavy atom. The van der Waals surface area contributed by atoms with Crippen LogP contribution in [-0.4, -0.2) is 34.7 Å². The zero-order chi connectivity index (χ0) is 12.0. The van der Waals surface area contributed by atoms with E-state index in [1.54, 1.807) is 11.8 Å². The van der Waals surface area contributed by atoms with Crippen molar-refractivity contribution in [2.24, 2.45) is 5.92 Å². The van der Waals surface area contributed by atoms with Crippen molar-refractivity contribution in [1.82, 2.24) is 5.32 Å². The fourth-order valence-electron chi connectivity index (χ4n) is 1.99. The number of hydrogen-bond acceptors (Lipinski definition) is 3. The third kappa shape index (κ3) is 4.74. The Hall–Kier alpha value is -0.220. The Morgan fingerprint density at radius 1 is 1.50 bits per heavy atom. The molecule has 1 amide bonds. The Morgan fingerprint density at radius 3 is 2.75 bits per heavy atom. The monoisotopic (exact) mass is 245 g/mol. The van der Waals surface area contributed by atoms with Gasteiger partial charge in [0.1, 0.15) is 0 Å². The summed E-state index contributed by atoms with van der Waals surface area (Å²) in [6.45, 7) is 4.25. The molecule has 0 radical (unpaired) electrons. The van der Waals surface area contributed by atoms with Crippen molar-refractivity contribution in [2.45, 2.75) is 50.8 Å². The van der Waals surface area contributed by atoms with Crippen LogP contribution in [0.25, 0.3) is 0 Å². The molecule has 0 aromatic carbocycles. The van der Waals surface area contributed by atoms with Gasteiger partial charge in [0.15, 0.2) is 0 Å². The standard InChI is InChI=1S/C12H23NO2S/c1-9(2)7-10(8-14)13-12(15)11-5-3-4-6-16-11/h9-11,14H,3-8H2,1-2H3,(H,13,15). The third-order valence-electron chi connectivity index (χ3n) is 2.79. The number of hydrogen-bond donors (Lipinski definition) is 2. The molecule has 16 heavy (non-hydrogen) atoms. The highest BCUT2D eigenvalue weighted by Crippen LogP contribution is 2.25. The number of thioether (sulfide) groups is 1. The second kappa shape index (κ2) is 7.17. The van der Waals surface area contributed by atoms with E-state index in [2.05, 4.69) is 19.2 Å². The van der Waals surface area contributed by atoms with E-state index in [1.165, 1.54) is 6.42 Å². The number of rotatable bonds is 5. The van der Waals surface area contributed by atoms with Gasteiger partial charge >= 0.3 is 0 Å². The lowest BCUT2D eigenvalue weighted by Gasteiger charge is -2.24. The van der Waals surface area contributed by atoms with Crippen molar-refractivity contribution >= 4 is 17.7 Å². The lowest BCUT2D eigenvalue weighted by molar-refractivity contribution is -0.121. The van der Waals surface area contributed by atoms with Gasteiger partial charge in [-0.3, -0.25) is 4.79 Å². The Bertz CT molecular complexity index is 215. The zero-order valence-corrected chi connectivity index (χ0v) is 11.1. The summed E-state index contributed by atoms with van der Waals surface area (Å²) in [5.74, 6) is 1.70. The van der Waals surface area contributed by atoms with Crippen molar-refractivity contribution in [3.63, 3.8) is 0 Å². The fourth-order valence-corrected chi connectivity index (χ4v) is 3.20. The van der Waals surface area contributed by atoms with Gasteiger partial charge in [-0.2, -0.15) is 0 Å². The molecule has 94 valence electrons. The normalized spacial score (nSPS) is 23.1. The second-order valence-electron chi connectivity index (χ2n) is 4.87. The van der Waals surface area contributed by atoms with Crippen LogP contribution >= 0.6 is 11.8 Å². The summed E-state index contributed by atoms with van der Waals surface area (Å²) < 4.78 is 0. The summed E-state index contributed by atoms with van der Waals surface area (Å²) in [5, 5.41) is 12.3. The molecule has 1 heterocycles. The zero-order valence-electron chi connectivity index (χ0n) is 10.2. The van der Waals surface area contributed by atoms with Crippen molar-refractivity contribution in [2.75, 3.05) is 12.4 Å². The van der Waals surface area contributed by atoms with Crippen LogP contribution in [-0.2, 0) is 4.79 Å². The van der Waals surface area contributed by atoms with Crippen LogP contribution in [0.4, 0.5) is 0 Å². The van der Waals surface area contributed by atoms with E-state index < -0.39 is 0 Å². The van der Waals surface area contributed by atoms with Gasteiger partial charge < -0.3 is 10.4 Å². The highest BCUT2D eigenvalue weighted by Gasteiger charge is 2.23. The first-order chi connectivity index (χ1) is 7.63. The first-order valence-electron chi connectivity index (χ1n) is 6.16. The van der Waals surface area contributed by atoms with Gasteiger partial charge in [-0.15, -0.1) is 11.8 Å². The van der Waals surface area contributed by atoms with Crippen molar-refractivity contribution in [3.05, 3.63) is 0 Å². The molecule has 0 aliphatic carbocycles. The number of carbonyl (C=O) groups is 1. The van der Waals surface area contributed by atoms with E-state index in [-0.39, 0.29) is 23.8 Å². The number of aliphatic hydroxyl groups excluding tert-OH is 1. The minimum atomic E-state index is -0.0740. The molecule has 0 spiro atoms. The largest absolute Gasteiger partial charge is 0.394 e. The van der Waals surface area contributed by atoms with Crippen LogP contribution in [0.2, 0.25) is 0 Å². The van der Waals surface area contributed by atoms with E-state index in [0.717, 1.165) is 25.0 Å². The molecule has 2 atom stereocenters. The van der Waals surface area contributed by atoms with E-state index >= 15 is 0 Å². The maximum absolute atomic E-state index is 11.9. The molecule has 0 aromatic rings. The van der Waals surface area contributed by atoms with Crippen LogP contribution in [0, 0.1) is 5.92 Å². The molecule has 1 fully saturated rings. The third-order valence-corrected chi connectivity index (χ3v) is 4.17. The van der Waals surface area contributed by atoms with Crippen molar-refractivity contribution in [3.8, 4) is 0 Å². The molecule has 0 saturated carbocycles. The highest BCUT2D eigenvalue weighted by atomic mass is 32.2. The molecule has 2 N–H and O–H groups in total. The minimum absolute atomic E-state index is 0.0430. The van der Waals surface area contributed by atoms with Gasteiger partial charge in [0.05, 0.1) is 17.9 Å². The van der Waals surface area contributed by atoms with E-state index in [4.69, 9.17) is 0 Å². The minimum Gasteiger partial charge on any atom is -0.394 e. The maximum Gasteiger partial charge on any atom is 0.233 e. The molecule has 1 saturated heterocycles. The highest BCUT2D eigenvalue weighted by molar-refractivity contribution is 8.00. The van der Waals surface area contributed by atoms with Gasteiger partial charge in [0, 0.05) is 0 Å². The topological polar surface area (TPSA) is 49.3 Å². The maximum atomic E-state index is 11.9. The van der Waals surface area contributed by atoms with Gasteiger partial charge in [0.2, 0.25) is 5.91 Å². The molecule has 0 aromatic heterocycles. The molecular formula is C12H23NO2S. The lowest BCUT2D eigenvalue weighted by Crippen LogP contribution is -2.43. The van der Waals surface area contributed by atoms with E-state index in [9.17, 15) is 9.90 Å². The number of nitrogens with one attached hydrogen (secondary N) is 1. The summed E-state index contributed by atoms with van der Waals surface area (Å²) in [6.07, 6.45) is 4.21. The number of aliphatic hydroxyl groups is 1. The van der Waals surface area contributed by atoms with Crippen LogP contribution in [0.1, 0.15) is 39.5 Å². The molecule has 1 aliphatic rings. The Balaban J connectivity index is 2.35. The summed E-state index contributed by atoms with van der Waals surface area (Å²) in [6, 6.07) is -0.0740. The fraction of sp³-hybridized carbons (Fsp3) is 0.917. The molecule has 3 nitrogen and oxygen atoms in total. The van der Waals surface area contributed by atoms with Crippen molar-refractivity contribution < 1.29 is 9.90 Å². The predicted octanol–water partition coefficient (Wildman–Crippen LogP) is 1.80. The van der Waals surface area contributed by atoms with Crippen LogP contribution in [0.15, 0.2) is 0 Å². The van der Waals surface area contributed by atoms with Gasteiger partial charge in [-0.05, 0) is 30.9 Å². The van der Waals surface area contributed by atoms with Crippen LogP contribution in [0.3, 0.4) is 0 Å². The Labute approximate surface area is 102 Å². The molecule has 2 unspecified atom stereocenters. The molecular weight excluding hydrogens is 222 g/mol. The molecule has 0 bridgehead atoms. The first kappa shape index (κ1) is 13.8. The smallest absolute Gasteiger partial charge is 0.233 e. The molecule has 1 aliphatic heterocycles. The summed E-state index contributed by atoms with van der Waals surface area (Å²) in [4.78, 5) is 11.9. The van der Waals surface area contributed by atoms with Crippen molar-refractivity contribution in [1.29, 1.82) is 0 Å². The molecule has 1 rings (SSSR count). The Kier molecular flexibility index (Phi) is 6.21. The summed E-state index contributed by atoms with van der Waals surface area (Å²) in [7, 11) is 0. The number of carbonyl (C=O) groups excluding carboxylic acids is 1. The van der Waals surface area contributed by atoms with Crippen LogP contribution < -0.4 is 5.32 Å². The predicted molar refractivity (Wildman–Crippen MR) is 68.6 cm³/mol. The second-order valence-corrected chi connectivity index (χ2v) is 6.18. The SMILES string of the molecule is CC(C)CC(CO)NC(=O)C1CCCCS1. The first-order valence-corrected chi connectivity index (χ1v) is 7.21. The molecule has 4 heteroatoms. The van der Waals surface area contributed by atoms with E-state index in [1.807, 2.05) is 0 Å². The summed E-state index contributed by atoms with van der Waals surface area (Å²) in [5.41, 5.74) is 0. The van der Waals surface area contributed by atoms with Crippen LogP contribution in [0.5, 0.6) is 0 Å². The quantitative estimate of drug-likeness (QED) is 0.776. The van der Waals surface area contributed by atoms with Gasteiger partial charge in [-0.25, -0.2) is 0 Å². The number of amides is 1. The van der Waals surface area contributed by atoms with Gasteiger partial charge in [0.25, 0.3) is 0 Å². The van der Waals surface area contributed by atoms with E-state index in [0.29, 0.717) is 5.92 Å². The van der Waals surface area contributed by atoms with Gasteiger partial charge in [-0.1, -0.05) is 20.3 Å².